The molecule has 1 heterocycles. The van der Waals surface area contributed by atoms with Gasteiger partial charge in [0, 0.05) is 0 Å². The molecule has 116 valence electrons. The maximum absolute atomic E-state index is 13.3. The minimum absolute atomic E-state index is 0.422. The Hall–Kier alpha value is -2.83. The number of rotatable bonds is 3. The highest BCUT2D eigenvalue weighted by molar-refractivity contribution is 7.88. The molecule has 0 saturated carbocycles. The molecule has 1 aromatic rings. The zero-order chi connectivity index (χ0) is 17.3. The maximum atomic E-state index is 13.3. The lowest BCUT2D eigenvalue weighted by Gasteiger charge is -2.18. The van der Waals surface area contributed by atoms with Crippen LogP contribution in [0.3, 0.4) is 0 Å². The van der Waals surface area contributed by atoms with Gasteiger partial charge in [-0.1, -0.05) is 4.40 Å². The fraction of sp³-hybridized carbons (Fsp3) is 0.250. The van der Waals surface area contributed by atoms with E-state index in [-0.39, 0.29) is 0 Å². The van der Waals surface area contributed by atoms with E-state index in [1.54, 1.807) is 0 Å². The summed E-state index contributed by atoms with van der Waals surface area (Å²) >= 11 is 0. The largest absolute Gasteiger partial charge is 0.461 e. The number of halogens is 5. The Labute approximate surface area is 117 Å². The van der Waals surface area contributed by atoms with Crippen molar-refractivity contribution in [3.63, 3.8) is 0 Å². The van der Waals surface area contributed by atoms with Crippen molar-refractivity contribution in [2.75, 3.05) is 0 Å². The second-order valence-electron chi connectivity index (χ2n) is 3.35. The Morgan fingerprint density at radius 3 is 2.05 bits per heavy atom. The van der Waals surface area contributed by atoms with E-state index < -0.39 is 43.5 Å². The number of hydrogen-bond donors (Lipinski definition) is 0. The summed E-state index contributed by atoms with van der Waals surface area (Å²) in [6.07, 6.45) is -5.86. The summed E-state index contributed by atoms with van der Waals surface area (Å²) in [4.78, 5) is 12.5. The lowest BCUT2D eigenvalue weighted by Crippen LogP contribution is -2.37. The van der Waals surface area contributed by atoms with Gasteiger partial charge in [0.15, 0.2) is 11.4 Å². The van der Waals surface area contributed by atoms with Crippen LogP contribution in [0, 0.1) is 22.7 Å². The molecule has 8 nitrogen and oxygen atoms in total. The van der Waals surface area contributed by atoms with Gasteiger partial charge in [-0.15, -0.1) is 0 Å². The van der Waals surface area contributed by atoms with Gasteiger partial charge in [-0.3, -0.25) is 0 Å². The number of nitriles is 2. The Bertz CT molecular complexity index is 850. The third kappa shape index (κ3) is 2.52. The molecule has 0 aromatic carbocycles. The number of carbonyl (C=O) groups excluding carboxylic acids is 1. The molecule has 0 aliphatic rings. The van der Waals surface area contributed by atoms with Gasteiger partial charge in [0.25, 0.3) is 6.08 Å². The van der Waals surface area contributed by atoms with Crippen LogP contribution in [0.1, 0.15) is 17.2 Å². The van der Waals surface area contributed by atoms with Gasteiger partial charge in [0.1, 0.15) is 12.1 Å². The van der Waals surface area contributed by atoms with E-state index in [4.69, 9.17) is 10.5 Å². The predicted molar refractivity (Wildman–Crippen MR) is 54.0 cm³/mol. The lowest BCUT2D eigenvalue weighted by atomic mass is 10.3. The van der Waals surface area contributed by atoms with Crippen LogP contribution < -0.4 is 0 Å². The zero-order valence-electron chi connectivity index (χ0n) is 9.76. The second-order valence-corrected chi connectivity index (χ2v) is 4.80. The smallest absolute Gasteiger partial charge is 0.213 e. The topological polar surface area (TPSA) is 129 Å². The number of nitrogens with zero attached hydrogens (tertiary/aromatic N) is 5. The van der Waals surface area contributed by atoms with Crippen molar-refractivity contribution in [1.82, 2.24) is 8.96 Å². The van der Waals surface area contributed by atoms with E-state index in [1.165, 1.54) is 0 Å². The SMILES string of the molecule is N#Cc1nc(C(F)(F)C(F)(F)F)n(S(=O)(=O)N=C=O)c1C#N. The first-order valence-electron chi connectivity index (χ1n) is 4.66. The van der Waals surface area contributed by atoms with Gasteiger partial charge in [-0.25, -0.2) is 9.78 Å². The minimum Gasteiger partial charge on any atom is -0.213 e. The Morgan fingerprint density at radius 2 is 1.68 bits per heavy atom. The summed E-state index contributed by atoms with van der Waals surface area (Å²) in [5, 5.41) is 17.2. The Morgan fingerprint density at radius 1 is 1.14 bits per heavy atom. The van der Waals surface area contributed by atoms with Crippen LogP contribution in [0.25, 0.3) is 0 Å². The summed E-state index contributed by atoms with van der Waals surface area (Å²) in [6, 6.07) is 1.92. The number of alkyl halides is 5. The normalized spacial score (nSPS) is 12.1. The van der Waals surface area contributed by atoms with Gasteiger partial charge in [0.05, 0.1) is 0 Å². The summed E-state index contributed by atoms with van der Waals surface area (Å²) in [5.41, 5.74) is -2.77. The fourth-order valence-electron chi connectivity index (χ4n) is 1.22. The molecule has 0 aliphatic heterocycles. The van der Waals surface area contributed by atoms with Crippen LogP contribution in [-0.2, 0) is 20.9 Å². The fourth-order valence-corrected chi connectivity index (χ4v) is 2.13. The minimum atomic E-state index is -6.28. The molecule has 1 rings (SSSR count). The third-order valence-corrected chi connectivity index (χ3v) is 3.19. The van der Waals surface area contributed by atoms with E-state index >= 15 is 0 Å². The third-order valence-electron chi connectivity index (χ3n) is 2.07. The first kappa shape index (κ1) is 17.2. The van der Waals surface area contributed by atoms with Crippen molar-refractivity contribution in [2.45, 2.75) is 12.1 Å². The summed E-state index contributed by atoms with van der Waals surface area (Å²) in [5.74, 6) is -8.33. The van der Waals surface area contributed by atoms with Gasteiger partial charge >= 0.3 is 22.3 Å². The standard InChI is InChI=1S/C8F5N5O3S/c9-7(10,8(11,12)13)6-17-4(1-14)5(2-15)18(6)22(20,21)16-3-19. The highest BCUT2D eigenvalue weighted by Crippen LogP contribution is 2.44. The molecule has 0 amide bonds. The Kier molecular flexibility index (Phi) is 4.05. The summed E-state index contributed by atoms with van der Waals surface area (Å²) in [6.45, 7) is 0. The van der Waals surface area contributed by atoms with Crippen LogP contribution in [0.4, 0.5) is 22.0 Å². The highest BCUT2D eigenvalue weighted by Gasteiger charge is 2.63. The molecule has 0 spiro atoms. The van der Waals surface area contributed by atoms with E-state index in [1.807, 2.05) is 0 Å². The predicted octanol–water partition coefficient (Wildman–Crippen LogP) is 0.709. The van der Waals surface area contributed by atoms with Crippen LogP contribution in [0.2, 0.25) is 0 Å². The lowest BCUT2D eigenvalue weighted by molar-refractivity contribution is -0.292. The first-order chi connectivity index (χ1) is 9.94. The molecular formula is C8F5N5O3S. The van der Waals surface area contributed by atoms with Crippen molar-refractivity contribution in [3.8, 4) is 12.1 Å². The molecule has 0 fully saturated rings. The monoisotopic (exact) mass is 341 g/mol. The van der Waals surface area contributed by atoms with E-state index in [0.29, 0.717) is 6.08 Å². The molecule has 14 heteroatoms. The molecule has 0 unspecified atom stereocenters. The summed E-state index contributed by atoms with van der Waals surface area (Å²) in [7, 11) is -5.51. The quantitative estimate of drug-likeness (QED) is 0.452. The molecule has 22 heavy (non-hydrogen) atoms. The van der Waals surface area contributed by atoms with Crippen molar-refractivity contribution in [1.29, 1.82) is 10.5 Å². The molecule has 0 atom stereocenters. The van der Waals surface area contributed by atoms with Crippen molar-refractivity contribution in [3.05, 3.63) is 17.2 Å². The van der Waals surface area contributed by atoms with E-state index in [0.717, 1.165) is 12.1 Å². The van der Waals surface area contributed by atoms with Gasteiger partial charge in [-0.05, 0) is 0 Å². The summed E-state index contributed by atoms with van der Waals surface area (Å²) < 4.78 is 87.8. The highest BCUT2D eigenvalue weighted by atomic mass is 32.2. The number of aromatic nitrogens is 2. The van der Waals surface area contributed by atoms with Crippen molar-refractivity contribution < 1.29 is 35.2 Å². The Balaban J connectivity index is 4.00. The number of isocyanates is 1. The zero-order valence-corrected chi connectivity index (χ0v) is 10.6. The maximum Gasteiger partial charge on any atom is 0.461 e. The molecule has 0 bridgehead atoms. The molecule has 0 N–H and O–H groups in total. The van der Waals surface area contributed by atoms with E-state index in [2.05, 4.69) is 9.38 Å². The van der Waals surface area contributed by atoms with Crippen molar-refractivity contribution in [2.24, 2.45) is 4.40 Å². The number of imidazole rings is 1. The van der Waals surface area contributed by atoms with E-state index in [9.17, 15) is 35.2 Å². The molecule has 1 aromatic heterocycles. The first-order valence-corrected chi connectivity index (χ1v) is 6.06. The van der Waals surface area contributed by atoms with Gasteiger partial charge in [-0.2, -0.15) is 44.9 Å². The molecule has 0 saturated heterocycles. The average Bonchev–Trinajstić information content (AvgIpc) is 2.76. The van der Waals surface area contributed by atoms with Crippen LogP contribution in [-0.4, -0.2) is 29.6 Å². The van der Waals surface area contributed by atoms with Gasteiger partial charge < -0.3 is 0 Å². The molecule has 0 radical (unpaired) electrons. The van der Waals surface area contributed by atoms with Crippen molar-refractivity contribution >= 4 is 16.3 Å². The van der Waals surface area contributed by atoms with Gasteiger partial charge in [0.2, 0.25) is 5.82 Å². The van der Waals surface area contributed by atoms with Crippen LogP contribution >= 0.6 is 0 Å². The molecule has 0 aliphatic carbocycles. The van der Waals surface area contributed by atoms with Crippen LogP contribution in [0.15, 0.2) is 4.40 Å². The second kappa shape index (κ2) is 5.18. The van der Waals surface area contributed by atoms with Crippen LogP contribution in [0.5, 0.6) is 0 Å². The number of hydrogen-bond acceptors (Lipinski definition) is 6. The molecular weight excluding hydrogens is 341 g/mol. The average molecular weight is 341 g/mol.